The van der Waals surface area contributed by atoms with Gasteiger partial charge in [0, 0.05) is 16.5 Å². The zero-order chi connectivity index (χ0) is 18.4. The van der Waals surface area contributed by atoms with Crippen LogP contribution in [-0.4, -0.2) is 22.8 Å². The van der Waals surface area contributed by atoms with Crippen LogP contribution in [-0.2, 0) is 4.79 Å². The zero-order valence-electron chi connectivity index (χ0n) is 14.3. The number of benzene rings is 2. The number of thiazole rings is 1. The van der Waals surface area contributed by atoms with E-state index in [1.807, 2.05) is 48.7 Å². The summed E-state index contributed by atoms with van der Waals surface area (Å²) in [4.78, 5) is 29.2. The lowest BCUT2D eigenvalue weighted by Crippen LogP contribution is -2.43. The average molecular weight is 365 g/mol. The van der Waals surface area contributed by atoms with Gasteiger partial charge < -0.3 is 10.6 Å². The van der Waals surface area contributed by atoms with Gasteiger partial charge >= 0.3 is 0 Å². The van der Waals surface area contributed by atoms with Gasteiger partial charge in [0.15, 0.2) is 5.13 Å². The van der Waals surface area contributed by atoms with Gasteiger partial charge in [0.2, 0.25) is 5.91 Å². The van der Waals surface area contributed by atoms with Gasteiger partial charge in [-0.05, 0) is 18.6 Å². The molecule has 1 aromatic heterocycles. The Morgan fingerprint density at radius 3 is 2.35 bits per heavy atom. The summed E-state index contributed by atoms with van der Waals surface area (Å²) in [5.41, 5.74) is 2.33. The maximum absolute atomic E-state index is 12.5. The summed E-state index contributed by atoms with van der Waals surface area (Å²) in [6.45, 7) is 1.85. The highest BCUT2D eigenvalue weighted by molar-refractivity contribution is 7.14. The van der Waals surface area contributed by atoms with Crippen LogP contribution >= 0.6 is 11.3 Å². The molecule has 0 bridgehead atoms. The van der Waals surface area contributed by atoms with Crippen molar-refractivity contribution in [3.8, 4) is 11.3 Å². The van der Waals surface area contributed by atoms with E-state index in [1.54, 1.807) is 24.3 Å². The van der Waals surface area contributed by atoms with E-state index in [2.05, 4.69) is 15.6 Å². The Kier molecular flexibility index (Phi) is 5.76. The predicted molar refractivity (Wildman–Crippen MR) is 104 cm³/mol. The molecule has 3 rings (SSSR count). The van der Waals surface area contributed by atoms with Gasteiger partial charge in [-0.15, -0.1) is 11.3 Å². The number of amides is 2. The van der Waals surface area contributed by atoms with Crippen molar-refractivity contribution in [2.75, 3.05) is 5.32 Å². The van der Waals surface area contributed by atoms with Gasteiger partial charge in [-0.1, -0.05) is 55.5 Å². The normalized spacial score (nSPS) is 11.6. The minimum absolute atomic E-state index is 0.267. The Morgan fingerprint density at radius 2 is 1.69 bits per heavy atom. The molecule has 2 amide bonds. The molecule has 2 N–H and O–H groups in total. The second kappa shape index (κ2) is 8.40. The van der Waals surface area contributed by atoms with Crippen LogP contribution in [0.1, 0.15) is 23.7 Å². The summed E-state index contributed by atoms with van der Waals surface area (Å²) >= 11 is 1.36. The van der Waals surface area contributed by atoms with E-state index in [-0.39, 0.29) is 11.8 Å². The van der Waals surface area contributed by atoms with Crippen LogP contribution < -0.4 is 10.6 Å². The molecular formula is C20H19N3O2S. The number of hydrogen-bond donors (Lipinski definition) is 2. The van der Waals surface area contributed by atoms with Gasteiger partial charge in [0.25, 0.3) is 5.91 Å². The standard InChI is InChI=1S/C20H19N3O2S/c1-2-16(21-18(24)15-11-7-4-8-12-15)19(25)23-20-22-17(13-26-20)14-9-5-3-6-10-14/h3-13,16H,2H2,1H3,(H,21,24)(H,22,23,25)/t16-/m0/s1. The summed E-state index contributed by atoms with van der Waals surface area (Å²) in [5, 5.41) is 7.97. The second-order valence-electron chi connectivity index (χ2n) is 5.69. The van der Waals surface area contributed by atoms with Crippen molar-refractivity contribution in [2.24, 2.45) is 0 Å². The van der Waals surface area contributed by atoms with E-state index in [0.29, 0.717) is 17.1 Å². The molecule has 26 heavy (non-hydrogen) atoms. The van der Waals surface area contributed by atoms with Crippen molar-refractivity contribution in [1.29, 1.82) is 0 Å². The highest BCUT2D eigenvalue weighted by atomic mass is 32.1. The van der Waals surface area contributed by atoms with E-state index in [4.69, 9.17) is 0 Å². The van der Waals surface area contributed by atoms with Crippen LogP contribution in [0.4, 0.5) is 5.13 Å². The highest BCUT2D eigenvalue weighted by Gasteiger charge is 2.20. The maximum Gasteiger partial charge on any atom is 0.251 e. The first kappa shape index (κ1) is 17.8. The number of nitrogens with zero attached hydrogens (tertiary/aromatic N) is 1. The van der Waals surface area contributed by atoms with Crippen molar-refractivity contribution >= 4 is 28.3 Å². The van der Waals surface area contributed by atoms with E-state index >= 15 is 0 Å². The smallest absolute Gasteiger partial charge is 0.251 e. The fraction of sp³-hybridized carbons (Fsp3) is 0.150. The minimum Gasteiger partial charge on any atom is -0.340 e. The molecule has 132 valence electrons. The number of carbonyl (C=O) groups is 2. The molecule has 5 nitrogen and oxygen atoms in total. The molecule has 3 aromatic rings. The van der Waals surface area contributed by atoms with Crippen LogP contribution in [0.2, 0.25) is 0 Å². The third-order valence-electron chi connectivity index (χ3n) is 3.87. The molecule has 0 fully saturated rings. The molecule has 0 unspecified atom stereocenters. The van der Waals surface area contributed by atoms with E-state index in [1.165, 1.54) is 11.3 Å². The number of hydrogen-bond acceptors (Lipinski definition) is 4. The van der Waals surface area contributed by atoms with Crippen molar-refractivity contribution in [2.45, 2.75) is 19.4 Å². The molecule has 0 saturated carbocycles. The summed E-state index contributed by atoms with van der Waals surface area (Å²) in [5.74, 6) is -0.539. The first-order valence-electron chi connectivity index (χ1n) is 8.35. The number of nitrogens with one attached hydrogen (secondary N) is 2. The monoisotopic (exact) mass is 365 g/mol. The van der Waals surface area contributed by atoms with Gasteiger partial charge in [-0.25, -0.2) is 4.98 Å². The van der Waals surface area contributed by atoms with Crippen molar-refractivity contribution < 1.29 is 9.59 Å². The molecule has 0 radical (unpaired) electrons. The molecule has 0 aliphatic heterocycles. The Bertz CT molecular complexity index is 878. The quantitative estimate of drug-likeness (QED) is 0.695. The van der Waals surface area contributed by atoms with Crippen molar-refractivity contribution in [1.82, 2.24) is 10.3 Å². The predicted octanol–water partition coefficient (Wildman–Crippen LogP) is 3.96. The number of rotatable bonds is 6. The lowest BCUT2D eigenvalue weighted by Gasteiger charge is -2.15. The molecule has 0 aliphatic rings. The summed E-state index contributed by atoms with van der Waals surface area (Å²) in [6, 6.07) is 18.0. The highest BCUT2D eigenvalue weighted by Crippen LogP contribution is 2.24. The zero-order valence-corrected chi connectivity index (χ0v) is 15.1. The third kappa shape index (κ3) is 4.34. The Labute approximate surface area is 156 Å². The number of anilines is 1. The van der Waals surface area contributed by atoms with Crippen LogP contribution in [0.25, 0.3) is 11.3 Å². The molecule has 0 saturated heterocycles. The van der Waals surface area contributed by atoms with Crippen LogP contribution in [0.5, 0.6) is 0 Å². The average Bonchev–Trinajstić information content (AvgIpc) is 3.15. The summed E-state index contributed by atoms with van der Waals surface area (Å²) < 4.78 is 0. The fourth-order valence-electron chi connectivity index (χ4n) is 2.45. The van der Waals surface area contributed by atoms with Crippen LogP contribution in [0.15, 0.2) is 66.0 Å². The molecule has 6 heteroatoms. The minimum atomic E-state index is -0.619. The fourth-order valence-corrected chi connectivity index (χ4v) is 3.17. The van der Waals surface area contributed by atoms with Crippen molar-refractivity contribution in [3.05, 3.63) is 71.6 Å². The molecule has 1 atom stereocenters. The Hall–Kier alpha value is -2.99. The summed E-state index contributed by atoms with van der Waals surface area (Å²) in [6.07, 6.45) is 0.487. The number of carbonyl (C=O) groups excluding carboxylic acids is 2. The Morgan fingerprint density at radius 1 is 1.04 bits per heavy atom. The molecule has 0 aliphatic carbocycles. The van der Waals surface area contributed by atoms with E-state index in [0.717, 1.165) is 11.3 Å². The largest absolute Gasteiger partial charge is 0.340 e. The number of aromatic nitrogens is 1. The molecule has 2 aromatic carbocycles. The first-order valence-corrected chi connectivity index (χ1v) is 9.23. The Balaban J connectivity index is 1.64. The van der Waals surface area contributed by atoms with Crippen LogP contribution in [0.3, 0.4) is 0 Å². The van der Waals surface area contributed by atoms with Gasteiger partial charge in [-0.3, -0.25) is 9.59 Å². The van der Waals surface area contributed by atoms with Crippen molar-refractivity contribution in [3.63, 3.8) is 0 Å². The van der Waals surface area contributed by atoms with Gasteiger partial charge in [-0.2, -0.15) is 0 Å². The SMILES string of the molecule is CC[C@H](NC(=O)c1ccccc1)C(=O)Nc1nc(-c2ccccc2)cs1. The van der Waals surface area contributed by atoms with E-state index in [9.17, 15) is 9.59 Å². The second-order valence-corrected chi connectivity index (χ2v) is 6.55. The van der Waals surface area contributed by atoms with Gasteiger partial charge in [0.05, 0.1) is 5.69 Å². The molecule has 1 heterocycles. The van der Waals surface area contributed by atoms with Gasteiger partial charge in [0.1, 0.15) is 6.04 Å². The lowest BCUT2D eigenvalue weighted by molar-refractivity contribution is -0.118. The lowest BCUT2D eigenvalue weighted by atomic mass is 10.1. The third-order valence-corrected chi connectivity index (χ3v) is 4.63. The van der Waals surface area contributed by atoms with Crippen LogP contribution in [0, 0.1) is 0 Å². The molecule has 0 spiro atoms. The maximum atomic E-state index is 12.5. The van der Waals surface area contributed by atoms with E-state index < -0.39 is 6.04 Å². The first-order chi connectivity index (χ1) is 12.7. The topological polar surface area (TPSA) is 71.1 Å². The summed E-state index contributed by atoms with van der Waals surface area (Å²) in [7, 11) is 0. The molecular weight excluding hydrogens is 346 g/mol.